The summed E-state index contributed by atoms with van der Waals surface area (Å²) in [6.07, 6.45) is 0. The molecule has 2 N–H and O–H groups in total. The van der Waals surface area contributed by atoms with Gasteiger partial charge in [-0.1, -0.05) is 65.9 Å². The molecule has 0 amide bonds. The Morgan fingerprint density at radius 2 is 1.55 bits per heavy atom. The predicted molar refractivity (Wildman–Crippen MR) is 92.7 cm³/mol. The Labute approximate surface area is 132 Å². The SMILES string of the molecule is Nc1sc(-c2ccc3ccccc3n2)nc1-c1ccccc1. The van der Waals surface area contributed by atoms with E-state index in [2.05, 4.69) is 22.1 Å². The molecule has 0 aliphatic heterocycles. The lowest BCUT2D eigenvalue weighted by atomic mass is 10.2. The number of anilines is 1. The highest BCUT2D eigenvalue weighted by atomic mass is 32.1. The second kappa shape index (κ2) is 5.24. The number of para-hydroxylation sites is 1. The summed E-state index contributed by atoms with van der Waals surface area (Å²) in [6, 6.07) is 22.1. The summed E-state index contributed by atoms with van der Waals surface area (Å²) in [7, 11) is 0. The third-order valence-electron chi connectivity index (χ3n) is 3.52. The van der Waals surface area contributed by atoms with Crippen molar-refractivity contribution in [2.24, 2.45) is 0 Å². The van der Waals surface area contributed by atoms with Crippen molar-refractivity contribution in [3.8, 4) is 22.0 Å². The van der Waals surface area contributed by atoms with Crippen LogP contribution in [0.15, 0.2) is 66.7 Å². The van der Waals surface area contributed by atoms with Crippen LogP contribution >= 0.6 is 11.3 Å². The molecule has 0 radical (unpaired) electrons. The van der Waals surface area contributed by atoms with Gasteiger partial charge in [-0.25, -0.2) is 9.97 Å². The molecule has 3 nitrogen and oxygen atoms in total. The third-order valence-corrected chi connectivity index (χ3v) is 4.43. The van der Waals surface area contributed by atoms with Crippen LogP contribution < -0.4 is 5.73 Å². The zero-order valence-corrected chi connectivity index (χ0v) is 12.5. The van der Waals surface area contributed by atoms with E-state index in [0.29, 0.717) is 0 Å². The first-order valence-electron chi connectivity index (χ1n) is 6.99. The van der Waals surface area contributed by atoms with Crippen molar-refractivity contribution in [2.45, 2.75) is 0 Å². The molecule has 4 rings (SSSR count). The van der Waals surface area contributed by atoms with Gasteiger partial charge in [0.25, 0.3) is 0 Å². The number of aromatic nitrogens is 2. The van der Waals surface area contributed by atoms with E-state index in [4.69, 9.17) is 5.73 Å². The molecule has 0 bridgehead atoms. The van der Waals surface area contributed by atoms with Crippen LogP contribution in [-0.2, 0) is 0 Å². The Morgan fingerprint density at radius 1 is 0.773 bits per heavy atom. The Balaban J connectivity index is 1.82. The fourth-order valence-corrected chi connectivity index (χ4v) is 3.25. The Morgan fingerprint density at radius 3 is 2.41 bits per heavy atom. The number of pyridine rings is 1. The summed E-state index contributed by atoms with van der Waals surface area (Å²) in [5, 5.41) is 2.69. The highest BCUT2D eigenvalue weighted by molar-refractivity contribution is 7.19. The van der Waals surface area contributed by atoms with E-state index < -0.39 is 0 Å². The molecule has 2 aromatic heterocycles. The van der Waals surface area contributed by atoms with Crippen LogP contribution in [-0.4, -0.2) is 9.97 Å². The van der Waals surface area contributed by atoms with Gasteiger partial charge in [0.1, 0.15) is 15.7 Å². The van der Waals surface area contributed by atoms with Crippen molar-refractivity contribution < 1.29 is 0 Å². The Kier molecular flexibility index (Phi) is 3.09. The largest absolute Gasteiger partial charge is 0.389 e. The number of rotatable bonds is 2. The zero-order valence-electron chi connectivity index (χ0n) is 11.7. The van der Waals surface area contributed by atoms with Gasteiger partial charge >= 0.3 is 0 Å². The van der Waals surface area contributed by atoms with Gasteiger partial charge in [0.15, 0.2) is 0 Å². The average molecular weight is 303 g/mol. The van der Waals surface area contributed by atoms with E-state index in [9.17, 15) is 0 Å². The van der Waals surface area contributed by atoms with E-state index in [0.717, 1.165) is 37.9 Å². The lowest BCUT2D eigenvalue weighted by Gasteiger charge is -1.99. The van der Waals surface area contributed by atoms with E-state index in [1.807, 2.05) is 54.6 Å². The van der Waals surface area contributed by atoms with Crippen LogP contribution in [0.2, 0.25) is 0 Å². The molecular weight excluding hydrogens is 290 g/mol. The van der Waals surface area contributed by atoms with Crippen LogP contribution in [0.5, 0.6) is 0 Å². The molecule has 106 valence electrons. The molecule has 4 aromatic rings. The number of hydrogen-bond acceptors (Lipinski definition) is 4. The van der Waals surface area contributed by atoms with Crippen LogP contribution in [0.1, 0.15) is 0 Å². The van der Waals surface area contributed by atoms with Gasteiger partial charge in [-0.15, -0.1) is 0 Å². The molecule has 0 unspecified atom stereocenters. The van der Waals surface area contributed by atoms with Crippen LogP contribution in [0.4, 0.5) is 5.00 Å². The second-order valence-corrected chi connectivity index (χ2v) is 6.02. The fraction of sp³-hybridized carbons (Fsp3) is 0. The van der Waals surface area contributed by atoms with Crippen molar-refractivity contribution in [1.82, 2.24) is 9.97 Å². The molecule has 0 atom stereocenters. The average Bonchev–Trinajstić information content (AvgIpc) is 2.97. The number of nitrogens with two attached hydrogens (primary N) is 1. The third kappa shape index (κ3) is 2.23. The highest BCUT2D eigenvalue weighted by Gasteiger charge is 2.13. The van der Waals surface area contributed by atoms with Crippen molar-refractivity contribution in [2.75, 3.05) is 5.73 Å². The number of nitrogens with zero attached hydrogens (tertiary/aromatic N) is 2. The maximum Gasteiger partial charge on any atom is 0.144 e. The molecule has 4 heteroatoms. The Bertz CT molecular complexity index is 945. The van der Waals surface area contributed by atoms with E-state index in [1.54, 1.807) is 0 Å². The molecule has 0 aliphatic rings. The number of fused-ring (bicyclic) bond motifs is 1. The zero-order chi connectivity index (χ0) is 14.9. The number of hydrogen-bond donors (Lipinski definition) is 1. The highest BCUT2D eigenvalue weighted by Crippen LogP contribution is 2.35. The summed E-state index contributed by atoms with van der Waals surface area (Å²) in [5.74, 6) is 0. The maximum absolute atomic E-state index is 6.15. The molecule has 0 saturated carbocycles. The summed E-state index contributed by atoms with van der Waals surface area (Å²) in [6.45, 7) is 0. The van der Waals surface area contributed by atoms with Gasteiger partial charge in [-0.2, -0.15) is 0 Å². The van der Waals surface area contributed by atoms with Crippen LogP contribution in [0, 0.1) is 0 Å². The minimum Gasteiger partial charge on any atom is -0.389 e. The minimum atomic E-state index is 0.719. The van der Waals surface area contributed by atoms with Gasteiger partial charge in [-0.05, 0) is 12.1 Å². The van der Waals surface area contributed by atoms with Crippen LogP contribution in [0.3, 0.4) is 0 Å². The molecule has 0 spiro atoms. The van der Waals surface area contributed by atoms with Crippen molar-refractivity contribution in [3.05, 3.63) is 66.7 Å². The predicted octanol–water partition coefficient (Wildman–Crippen LogP) is 4.61. The summed E-state index contributed by atoms with van der Waals surface area (Å²) >= 11 is 1.48. The first-order valence-corrected chi connectivity index (χ1v) is 7.81. The molecule has 22 heavy (non-hydrogen) atoms. The van der Waals surface area contributed by atoms with Gasteiger partial charge in [0.05, 0.1) is 11.2 Å². The maximum atomic E-state index is 6.15. The number of thiazole rings is 1. The fourth-order valence-electron chi connectivity index (χ4n) is 2.43. The lowest BCUT2D eigenvalue weighted by molar-refractivity contribution is 1.34. The first kappa shape index (κ1) is 13.0. The number of nitrogen functional groups attached to an aromatic ring is 1. The van der Waals surface area contributed by atoms with Crippen molar-refractivity contribution >= 4 is 27.2 Å². The molecular formula is C18H13N3S. The summed E-state index contributed by atoms with van der Waals surface area (Å²) in [4.78, 5) is 9.37. The van der Waals surface area contributed by atoms with Gasteiger partial charge < -0.3 is 5.73 Å². The summed E-state index contributed by atoms with van der Waals surface area (Å²) < 4.78 is 0. The van der Waals surface area contributed by atoms with Gasteiger partial charge in [-0.3, -0.25) is 0 Å². The molecule has 0 saturated heterocycles. The second-order valence-electron chi connectivity index (χ2n) is 4.99. The quantitative estimate of drug-likeness (QED) is 0.588. The monoisotopic (exact) mass is 303 g/mol. The molecule has 2 heterocycles. The van der Waals surface area contributed by atoms with E-state index in [-0.39, 0.29) is 0 Å². The van der Waals surface area contributed by atoms with Crippen LogP contribution in [0.25, 0.3) is 32.9 Å². The minimum absolute atomic E-state index is 0.719. The van der Waals surface area contributed by atoms with Gasteiger partial charge in [0.2, 0.25) is 0 Å². The first-order chi connectivity index (χ1) is 10.8. The van der Waals surface area contributed by atoms with Crippen molar-refractivity contribution in [3.63, 3.8) is 0 Å². The van der Waals surface area contributed by atoms with E-state index >= 15 is 0 Å². The molecule has 0 fully saturated rings. The topological polar surface area (TPSA) is 51.8 Å². The smallest absolute Gasteiger partial charge is 0.144 e. The normalized spacial score (nSPS) is 10.9. The van der Waals surface area contributed by atoms with Gasteiger partial charge in [0, 0.05) is 10.9 Å². The van der Waals surface area contributed by atoms with E-state index in [1.165, 1.54) is 11.3 Å². The lowest BCUT2D eigenvalue weighted by Crippen LogP contribution is -1.86. The number of benzene rings is 2. The standard InChI is InChI=1S/C18H13N3S/c19-17-16(13-7-2-1-3-8-13)21-18(22-17)15-11-10-12-6-4-5-9-14(12)20-15/h1-11H,19H2. The van der Waals surface area contributed by atoms with Crippen molar-refractivity contribution in [1.29, 1.82) is 0 Å². The molecule has 2 aromatic carbocycles. The molecule has 0 aliphatic carbocycles. The summed E-state index contributed by atoms with van der Waals surface area (Å²) in [5.41, 5.74) is 9.84. The Hall–Kier alpha value is -2.72.